The zero-order chi connectivity index (χ0) is 13.8. The van der Waals surface area contributed by atoms with Crippen LogP contribution in [-0.4, -0.2) is 57.9 Å². The molecule has 0 saturated carbocycles. The number of hydrogen-bond donors (Lipinski definition) is 1. The number of ether oxygens (including phenoxy) is 1. The third kappa shape index (κ3) is 2.98. The van der Waals surface area contributed by atoms with E-state index >= 15 is 0 Å². The van der Waals surface area contributed by atoms with Crippen LogP contribution in [0.4, 0.5) is 0 Å². The Kier molecular flexibility index (Phi) is 3.95. The van der Waals surface area contributed by atoms with Gasteiger partial charge in [-0.05, 0) is 0 Å². The van der Waals surface area contributed by atoms with Crippen LogP contribution in [0.2, 0.25) is 0 Å². The first kappa shape index (κ1) is 13.1. The van der Waals surface area contributed by atoms with Crippen LogP contribution >= 0.6 is 0 Å². The fraction of sp³-hybridized carbons (Fsp3) is 0.500. The van der Waals surface area contributed by atoms with E-state index in [1.165, 1.54) is 6.33 Å². The molecule has 1 unspecified atom stereocenters. The molecule has 8 heteroatoms. The highest BCUT2D eigenvalue weighted by Crippen LogP contribution is 2.17. The third-order valence-corrected chi connectivity index (χ3v) is 3.14. The van der Waals surface area contributed by atoms with Gasteiger partial charge in [0.1, 0.15) is 6.33 Å². The molecule has 1 fully saturated rings. The van der Waals surface area contributed by atoms with Crippen LogP contribution in [-0.2, 0) is 4.74 Å². The van der Waals surface area contributed by atoms with Gasteiger partial charge in [-0.3, -0.25) is 4.90 Å². The molecule has 2 aromatic rings. The van der Waals surface area contributed by atoms with Crippen molar-refractivity contribution in [2.45, 2.75) is 6.04 Å². The minimum atomic E-state index is -0.282. The van der Waals surface area contributed by atoms with E-state index in [0.717, 1.165) is 26.3 Å². The van der Waals surface area contributed by atoms with Gasteiger partial charge in [0.2, 0.25) is 0 Å². The molecule has 8 nitrogen and oxygen atoms in total. The van der Waals surface area contributed by atoms with Gasteiger partial charge in [0.05, 0.1) is 24.8 Å². The smallest absolute Gasteiger partial charge is 0.261 e. The monoisotopic (exact) mass is 276 g/mol. The van der Waals surface area contributed by atoms with Crippen molar-refractivity contribution in [2.24, 2.45) is 5.73 Å². The molecule has 1 saturated heterocycles. The van der Waals surface area contributed by atoms with E-state index in [4.69, 9.17) is 15.0 Å². The molecule has 0 aliphatic carbocycles. The van der Waals surface area contributed by atoms with Crippen molar-refractivity contribution in [3.05, 3.63) is 24.5 Å². The van der Waals surface area contributed by atoms with E-state index < -0.39 is 0 Å². The van der Waals surface area contributed by atoms with E-state index in [-0.39, 0.29) is 6.04 Å². The lowest BCUT2D eigenvalue weighted by molar-refractivity contribution is 0.0348. The zero-order valence-electron chi connectivity index (χ0n) is 11.0. The summed E-state index contributed by atoms with van der Waals surface area (Å²) in [5.41, 5.74) is 6.80. The Balaban J connectivity index is 1.66. The van der Waals surface area contributed by atoms with Crippen LogP contribution in [0.5, 0.6) is 0 Å². The van der Waals surface area contributed by atoms with Crippen molar-refractivity contribution in [3.63, 3.8) is 0 Å². The summed E-state index contributed by atoms with van der Waals surface area (Å²) >= 11 is 0. The van der Waals surface area contributed by atoms with Gasteiger partial charge in [0.25, 0.3) is 5.89 Å². The Bertz CT molecular complexity index is 540. The van der Waals surface area contributed by atoms with Crippen LogP contribution in [0.1, 0.15) is 11.9 Å². The van der Waals surface area contributed by atoms with Crippen LogP contribution < -0.4 is 5.73 Å². The minimum absolute atomic E-state index is 0.282. The predicted octanol–water partition coefficient (Wildman–Crippen LogP) is -0.141. The molecule has 2 aromatic heterocycles. The zero-order valence-corrected chi connectivity index (χ0v) is 11.0. The number of hydrogen-bond acceptors (Lipinski definition) is 8. The summed E-state index contributed by atoms with van der Waals surface area (Å²) < 4.78 is 10.5. The standard InChI is InChI=1S/C12H16N6O2/c13-10(7-18-1-3-19-4-2-18)11-16-12(20-17-11)9-5-14-8-15-6-9/h5-6,8,10H,1-4,7,13H2. The topological polar surface area (TPSA) is 103 Å². The van der Waals surface area contributed by atoms with Gasteiger partial charge in [-0.25, -0.2) is 9.97 Å². The van der Waals surface area contributed by atoms with Gasteiger partial charge in [0, 0.05) is 32.0 Å². The Hall–Kier alpha value is -1.90. The van der Waals surface area contributed by atoms with Crippen molar-refractivity contribution in [3.8, 4) is 11.5 Å². The lowest BCUT2D eigenvalue weighted by Gasteiger charge is -2.27. The molecule has 1 atom stereocenters. The summed E-state index contributed by atoms with van der Waals surface area (Å²) in [5, 5.41) is 3.93. The number of nitrogens with two attached hydrogens (primary N) is 1. The quantitative estimate of drug-likeness (QED) is 0.823. The largest absolute Gasteiger partial charge is 0.379 e. The second kappa shape index (κ2) is 6.04. The molecule has 3 rings (SSSR count). The van der Waals surface area contributed by atoms with Crippen molar-refractivity contribution < 1.29 is 9.26 Å². The minimum Gasteiger partial charge on any atom is -0.379 e. The van der Waals surface area contributed by atoms with Crippen LogP contribution in [0.3, 0.4) is 0 Å². The Morgan fingerprint density at radius 2 is 2.00 bits per heavy atom. The van der Waals surface area contributed by atoms with E-state index in [2.05, 4.69) is 25.0 Å². The first-order valence-electron chi connectivity index (χ1n) is 6.47. The molecule has 0 amide bonds. The lowest BCUT2D eigenvalue weighted by atomic mass is 10.2. The lowest BCUT2D eigenvalue weighted by Crippen LogP contribution is -2.40. The fourth-order valence-electron chi connectivity index (χ4n) is 2.06. The maximum absolute atomic E-state index is 6.12. The highest BCUT2D eigenvalue weighted by molar-refractivity contribution is 5.48. The maximum atomic E-state index is 6.12. The van der Waals surface area contributed by atoms with Gasteiger partial charge in [0.15, 0.2) is 5.82 Å². The molecule has 1 aliphatic heterocycles. The van der Waals surface area contributed by atoms with Crippen LogP contribution in [0.15, 0.2) is 23.2 Å². The Labute approximate surface area is 116 Å². The Morgan fingerprint density at radius 1 is 1.25 bits per heavy atom. The fourth-order valence-corrected chi connectivity index (χ4v) is 2.06. The average molecular weight is 276 g/mol. The van der Waals surface area contributed by atoms with E-state index in [9.17, 15) is 0 Å². The molecule has 106 valence electrons. The molecular formula is C12H16N6O2. The Morgan fingerprint density at radius 3 is 2.75 bits per heavy atom. The summed E-state index contributed by atoms with van der Waals surface area (Å²) in [6.45, 7) is 3.93. The van der Waals surface area contributed by atoms with E-state index in [1.807, 2.05) is 0 Å². The van der Waals surface area contributed by atoms with Gasteiger partial charge in [-0.15, -0.1) is 0 Å². The van der Waals surface area contributed by atoms with Gasteiger partial charge < -0.3 is 15.0 Å². The summed E-state index contributed by atoms with van der Waals surface area (Å²) in [6, 6.07) is -0.282. The predicted molar refractivity (Wildman–Crippen MR) is 69.5 cm³/mol. The van der Waals surface area contributed by atoms with Crippen molar-refractivity contribution in [1.29, 1.82) is 0 Å². The number of rotatable bonds is 4. The summed E-state index contributed by atoms with van der Waals surface area (Å²) in [6.07, 6.45) is 4.69. The normalized spacial score (nSPS) is 18.1. The summed E-state index contributed by atoms with van der Waals surface area (Å²) in [5.74, 6) is 0.883. The molecule has 3 heterocycles. The second-order valence-electron chi connectivity index (χ2n) is 4.60. The summed E-state index contributed by atoms with van der Waals surface area (Å²) in [4.78, 5) is 14.4. The van der Waals surface area contributed by atoms with E-state index in [1.54, 1.807) is 12.4 Å². The number of aromatic nitrogens is 4. The average Bonchev–Trinajstić information content (AvgIpc) is 2.99. The molecular weight excluding hydrogens is 260 g/mol. The number of nitrogens with zero attached hydrogens (tertiary/aromatic N) is 5. The number of morpholine rings is 1. The second-order valence-corrected chi connectivity index (χ2v) is 4.60. The molecule has 0 aromatic carbocycles. The first-order chi connectivity index (χ1) is 9.83. The molecule has 2 N–H and O–H groups in total. The molecule has 0 spiro atoms. The summed E-state index contributed by atoms with van der Waals surface area (Å²) in [7, 11) is 0. The van der Waals surface area contributed by atoms with Gasteiger partial charge in [-0.2, -0.15) is 4.98 Å². The van der Waals surface area contributed by atoms with Crippen molar-refractivity contribution in [1.82, 2.24) is 25.0 Å². The first-order valence-corrected chi connectivity index (χ1v) is 6.47. The van der Waals surface area contributed by atoms with Crippen LogP contribution in [0.25, 0.3) is 11.5 Å². The van der Waals surface area contributed by atoms with Crippen molar-refractivity contribution in [2.75, 3.05) is 32.8 Å². The van der Waals surface area contributed by atoms with Crippen molar-refractivity contribution >= 4 is 0 Å². The van der Waals surface area contributed by atoms with Crippen LogP contribution in [0, 0.1) is 0 Å². The molecule has 20 heavy (non-hydrogen) atoms. The van der Waals surface area contributed by atoms with Gasteiger partial charge in [-0.1, -0.05) is 5.16 Å². The molecule has 0 bridgehead atoms. The molecule has 1 aliphatic rings. The van der Waals surface area contributed by atoms with E-state index in [0.29, 0.717) is 23.8 Å². The highest BCUT2D eigenvalue weighted by Gasteiger charge is 2.20. The highest BCUT2D eigenvalue weighted by atomic mass is 16.5. The van der Waals surface area contributed by atoms with Gasteiger partial charge >= 0.3 is 0 Å². The maximum Gasteiger partial charge on any atom is 0.261 e. The molecule has 0 radical (unpaired) electrons. The third-order valence-electron chi connectivity index (χ3n) is 3.14. The SMILES string of the molecule is NC(CN1CCOCC1)c1noc(-c2cncnc2)n1.